The van der Waals surface area contributed by atoms with Crippen LogP contribution in [0.15, 0.2) is 12.3 Å². The largest absolute Gasteiger partial charge is 0.389 e. The molecule has 0 aliphatic heterocycles. The summed E-state index contributed by atoms with van der Waals surface area (Å²) < 4.78 is 6.67. The predicted molar refractivity (Wildman–Crippen MR) is 70.8 cm³/mol. The van der Waals surface area contributed by atoms with Gasteiger partial charge in [-0.05, 0) is 12.8 Å². The summed E-state index contributed by atoms with van der Waals surface area (Å²) in [6.45, 7) is 1.23. The van der Waals surface area contributed by atoms with Crippen LogP contribution in [-0.2, 0) is 16.1 Å². The van der Waals surface area contributed by atoms with Crippen LogP contribution < -0.4 is 5.32 Å². The SMILES string of the molecule is COCCn1ccc(NC(=O)CC2(O)CCCC2)n1. The van der Waals surface area contributed by atoms with E-state index in [4.69, 9.17) is 4.74 Å². The van der Waals surface area contributed by atoms with Crippen molar-refractivity contribution in [3.8, 4) is 0 Å². The van der Waals surface area contributed by atoms with E-state index < -0.39 is 5.60 Å². The number of aromatic nitrogens is 2. The highest BCUT2D eigenvalue weighted by atomic mass is 16.5. The molecular formula is C13H21N3O3. The molecule has 19 heavy (non-hydrogen) atoms. The topological polar surface area (TPSA) is 76.4 Å². The van der Waals surface area contributed by atoms with Crippen molar-refractivity contribution in [2.75, 3.05) is 19.0 Å². The number of rotatable bonds is 6. The molecular weight excluding hydrogens is 246 g/mol. The quantitative estimate of drug-likeness (QED) is 0.811. The molecule has 6 nitrogen and oxygen atoms in total. The molecule has 0 atom stereocenters. The van der Waals surface area contributed by atoms with Crippen LogP contribution in [0.5, 0.6) is 0 Å². The Kier molecular flexibility index (Phi) is 4.55. The van der Waals surface area contributed by atoms with Crippen LogP contribution in [0, 0.1) is 0 Å². The van der Waals surface area contributed by atoms with Gasteiger partial charge >= 0.3 is 0 Å². The van der Waals surface area contributed by atoms with E-state index in [0.29, 0.717) is 31.8 Å². The molecule has 1 aliphatic rings. The zero-order valence-corrected chi connectivity index (χ0v) is 11.3. The first kappa shape index (κ1) is 14.0. The summed E-state index contributed by atoms with van der Waals surface area (Å²) in [7, 11) is 1.63. The van der Waals surface area contributed by atoms with Crippen molar-refractivity contribution < 1.29 is 14.6 Å². The molecule has 0 radical (unpaired) electrons. The highest BCUT2D eigenvalue weighted by Gasteiger charge is 2.33. The van der Waals surface area contributed by atoms with Gasteiger partial charge in [0.05, 0.1) is 25.2 Å². The van der Waals surface area contributed by atoms with Crippen molar-refractivity contribution >= 4 is 11.7 Å². The van der Waals surface area contributed by atoms with E-state index in [9.17, 15) is 9.90 Å². The van der Waals surface area contributed by atoms with Gasteiger partial charge in [0.15, 0.2) is 5.82 Å². The smallest absolute Gasteiger partial charge is 0.228 e. The van der Waals surface area contributed by atoms with E-state index >= 15 is 0 Å². The number of carbonyl (C=O) groups is 1. The van der Waals surface area contributed by atoms with Gasteiger partial charge < -0.3 is 15.2 Å². The maximum absolute atomic E-state index is 11.9. The van der Waals surface area contributed by atoms with Gasteiger partial charge in [0.2, 0.25) is 5.91 Å². The van der Waals surface area contributed by atoms with Gasteiger partial charge in [-0.15, -0.1) is 0 Å². The Labute approximate surface area is 112 Å². The number of nitrogens with zero attached hydrogens (tertiary/aromatic N) is 2. The Morgan fingerprint density at radius 1 is 1.58 bits per heavy atom. The molecule has 1 aromatic heterocycles. The Balaban J connectivity index is 1.83. The molecule has 106 valence electrons. The second-order valence-corrected chi connectivity index (χ2v) is 5.11. The van der Waals surface area contributed by atoms with Gasteiger partial charge in [-0.2, -0.15) is 5.10 Å². The average molecular weight is 267 g/mol. The number of ether oxygens (including phenoxy) is 1. The fourth-order valence-corrected chi connectivity index (χ4v) is 2.43. The number of methoxy groups -OCH3 is 1. The van der Waals surface area contributed by atoms with Crippen molar-refractivity contribution in [1.82, 2.24) is 9.78 Å². The van der Waals surface area contributed by atoms with E-state index in [1.807, 2.05) is 0 Å². The summed E-state index contributed by atoms with van der Waals surface area (Å²) in [4.78, 5) is 11.9. The standard InChI is InChI=1S/C13H21N3O3/c1-19-9-8-16-7-4-11(15-16)14-12(17)10-13(18)5-2-3-6-13/h4,7,18H,2-3,5-6,8-10H2,1H3,(H,14,15,17). The van der Waals surface area contributed by atoms with Crippen LogP contribution >= 0.6 is 0 Å². The number of amides is 1. The molecule has 2 N–H and O–H groups in total. The maximum atomic E-state index is 11.9. The van der Waals surface area contributed by atoms with Gasteiger partial charge in [0.25, 0.3) is 0 Å². The lowest BCUT2D eigenvalue weighted by Crippen LogP contribution is -2.30. The van der Waals surface area contributed by atoms with Crippen molar-refractivity contribution in [3.05, 3.63) is 12.3 Å². The molecule has 1 heterocycles. The Bertz CT molecular complexity index is 425. The van der Waals surface area contributed by atoms with Gasteiger partial charge in [-0.1, -0.05) is 12.8 Å². The van der Waals surface area contributed by atoms with Crippen LogP contribution in [0.3, 0.4) is 0 Å². The molecule has 1 fully saturated rings. The normalized spacial score (nSPS) is 17.6. The summed E-state index contributed by atoms with van der Waals surface area (Å²) in [5, 5.41) is 17.1. The molecule has 2 rings (SSSR count). The molecule has 1 aromatic rings. The Morgan fingerprint density at radius 2 is 2.32 bits per heavy atom. The first-order valence-corrected chi connectivity index (χ1v) is 6.66. The third kappa shape index (κ3) is 4.04. The van der Waals surface area contributed by atoms with Crippen molar-refractivity contribution in [2.45, 2.75) is 44.2 Å². The lowest BCUT2D eigenvalue weighted by molar-refractivity contribution is -0.120. The highest BCUT2D eigenvalue weighted by Crippen LogP contribution is 2.32. The number of nitrogens with one attached hydrogen (secondary N) is 1. The highest BCUT2D eigenvalue weighted by molar-refractivity contribution is 5.90. The monoisotopic (exact) mass is 267 g/mol. The fraction of sp³-hybridized carbons (Fsp3) is 0.692. The molecule has 1 amide bonds. The molecule has 1 saturated carbocycles. The first-order chi connectivity index (χ1) is 9.11. The summed E-state index contributed by atoms with van der Waals surface area (Å²) >= 11 is 0. The van der Waals surface area contributed by atoms with Gasteiger partial charge in [0, 0.05) is 19.4 Å². The second kappa shape index (κ2) is 6.16. The summed E-state index contributed by atoms with van der Waals surface area (Å²) in [6.07, 6.45) is 5.35. The number of hydrogen-bond donors (Lipinski definition) is 2. The molecule has 6 heteroatoms. The van der Waals surface area contributed by atoms with E-state index in [0.717, 1.165) is 12.8 Å². The molecule has 0 bridgehead atoms. The van der Waals surface area contributed by atoms with E-state index in [1.165, 1.54) is 0 Å². The number of hydrogen-bond acceptors (Lipinski definition) is 4. The third-order valence-corrected chi connectivity index (χ3v) is 3.46. The molecule has 0 aromatic carbocycles. The molecule has 1 aliphatic carbocycles. The van der Waals surface area contributed by atoms with E-state index in [2.05, 4.69) is 10.4 Å². The minimum Gasteiger partial charge on any atom is -0.389 e. The van der Waals surface area contributed by atoms with Crippen LogP contribution in [0.4, 0.5) is 5.82 Å². The van der Waals surface area contributed by atoms with Crippen molar-refractivity contribution in [3.63, 3.8) is 0 Å². The first-order valence-electron chi connectivity index (χ1n) is 6.66. The molecule has 0 spiro atoms. The van der Waals surface area contributed by atoms with E-state index in [-0.39, 0.29) is 12.3 Å². The maximum Gasteiger partial charge on any atom is 0.228 e. The molecule has 0 unspecified atom stereocenters. The van der Waals surface area contributed by atoms with Crippen LogP contribution in [0.2, 0.25) is 0 Å². The number of anilines is 1. The lowest BCUT2D eigenvalue weighted by Gasteiger charge is -2.20. The Hall–Kier alpha value is -1.40. The summed E-state index contributed by atoms with van der Waals surface area (Å²) in [5.41, 5.74) is -0.817. The van der Waals surface area contributed by atoms with Gasteiger partial charge in [0.1, 0.15) is 0 Å². The zero-order valence-electron chi connectivity index (χ0n) is 11.3. The van der Waals surface area contributed by atoms with E-state index in [1.54, 1.807) is 24.1 Å². The fourth-order valence-electron chi connectivity index (χ4n) is 2.43. The predicted octanol–water partition coefficient (Wildman–Crippen LogP) is 1.16. The number of aliphatic hydroxyl groups is 1. The Morgan fingerprint density at radius 3 is 3.00 bits per heavy atom. The third-order valence-electron chi connectivity index (χ3n) is 3.46. The molecule has 0 saturated heterocycles. The van der Waals surface area contributed by atoms with Crippen LogP contribution in [0.25, 0.3) is 0 Å². The lowest BCUT2D eigenvalue weighted by atomic mass is 9.98. The van der Waals surface area contributed by atoms with Crippen molar-refractivity contribution in [1.29, 1.82) is 0 Å². The summed E-state index contributed by atoms with van der Waals surface area (Å²) in [5.74, 6) is 0.337. The second-order valence-electron chi connectivity index (χ2n) is 5.11. The van der Waals surface area contributed by atoms with Crippen LogP contribution in [-0.4, -0.2) is 40.1 Å². The minimum atomic E-state index is -0.817. The number of carbonyl (C=O) groups excluding carboxylic acids is 1. The zero-order chi connectivity index (χ0) is 13.7. The van der Waals surface area contributed by atoms with Crippen molar-refractivity contribution in [2.24, 2.45) is 0 Å². The minimum absolute atomic E-state index is 0.151. The summed E-state index contributed by atoms with van der Waals surface area (Å²) in [6, 6.07) is 1.74. The van der Waals surface area contributed by atoms with Crippen LogP contribution in [0.1, 0.15) is 32.1 Å². The van der Waals surface area contributed by atoms with Gasteiger partial charge in [-0.25, -0.2) is 0 Å². The van der Waals surface area contributed by atoms with Gasteiger partial charge in [-0.3, -0.25) is 9.48 Å². The average Bonchev–Trinajstić information content (AvgIpc) is 2.96.